The third-order valence-electron chi connectivity index (χ3n) is 2.64. The van der Waals surface area contributed by atoms with E-state index < -0.39 is 25.4 Å². The normalized spacial score (nSPS) is 11.3. The molecule has 0 fully saturated rings. The number of aliphatic hydroxyl groups is 3. The SMILES string of the molecule is CCNc1nc(NC(CO)(CO)CO)nc(N(C)C)n1. The molecule has 0 atom stereocenters. The molecule has 9 nitrogen and oxygen atoms in total. The first-order valence-electron chi connectivity index (χ1n) is 6.28. The summed E-state index contributed by atoms with van der Waals surface area (Å²) in [6.07, 6.45) is 0. The standard InChI is InChI=1S/C11H22N6O3/c1-4-12-8-13-9(15-10(14-8)17(2)3)16-11(5-18,6-19)7-20/h18-20H,4-7H2,1-3H3,(H2,12,13,14,15,16). The van der Waals surface area contributed by atoms with Crippen LogP contribution in [-0.2, 0) is 0 Å². The molecule has 0 aliphatic carbocycles. The highest BCUT2D eigenvalue weighted by Crippen LogP contribution is 2.15. The lowest BCUT2D eigenvalue weighted by Gasteiger charge is -2.29. The molecule has 1 rings (SSSR count). The van der Waals surface area contributed by atoms with Gasteiger partial charge in [-0.25, -0.2) is 0 Å². The zero-order valence-electron chi connectivity index (χ0n) is 12.0. The molecule has 1 aromatic heterocycles. The molecule has 1 aromatic rings. The number of hydrogen-bond acceptors (Lipinski definition) is 9. The Morgan fingerprint density at radius 3 is 2.00 bits per heavy atom. The first-order chi connectivity index (χ1) is 9.50. The molecule has 20 heavy (non-hydrogen) atoms. The lowest BCUT2D eigenvalue weighted by atomic mass is 10.0. The fourth-order valence-electron chi connectivity index (χ4n) is 1.36. The fourth-order valence-corrected chi connectivity index (χ4v) is 1.36. The van der Waals surface area contributed by atoms with Crippen LogP contribution in [0.3, 0.4) is 0 Å². The molecule has 1 heterocycles. The molecule has 0 saturated heterocycles. The second-order valence-corrected chi connectivity index (χ2v) is 4.59. The molecule has 9 heteroatoms. The molecule has 0 saturated carbocycles. The first kappa shape index (κ1) is 16.3. The summed E-state index contributed by atoms with van der Waals surface area (Å²) in [5.74, 6) is 0.953. The van der Waals surface area contributed by atoms with Crippen LogP contribution in [0.4, 0.5) is 17.8 Å². The maximum absolute atomic E-state index is 9.31. The highest BCUT2D eigenvalue weighted by molar-refractivity contribution is 5.44. The summed E-state index contributed by atoms with van der Waals surface area (Å²) in [6.45, 7) is 1.17. The van der Waals surface area contributed by atoms with Crippen LogP contribution in [0.1, 0.15) is 6.92 Å². The zero-order chi connectivity index (χ0) is 15.2. The number of anilines is 3. The minimum absolute atomic E-state index is 0.164. The second kappa shape index (κ2) is 7.17. The number of nitrogens with one attached hydrogen (secondary N) is 2. The smallest absolute Gasteiger partial charge is 0.231 e. The van der Waals surface area contributed by atoms with Gasteiger partial charge in [-0.1, -0.05) is 0 Å². The summed E-state index contributed by atoms with van der Waals surface area (Å²) < 4.78 is 0. The van der Waals surface area contributed by atoms with Crippen molar-refractivity contribution in [1.29, 1.82) is 0 Å². The molecule has 0 aliphatic rings. The van der Waals surface area contributed by atoms with E-state index in [0.717, 1.165) is 0 Å². The summed E-state index contributed by atoms with van der Waals surface area (Å²) in [5, 5.41) is 33.7. The zero-order valence-corrected chi connectivity index (χ0v) is 12.0. The summed E-state index contributed by atoms with van der Waals surface area (Å²) in [6, 6.07) is 0. The average Bonchev–Trinajstić information content (AvgIpc) is 2.45. The van der Waals surface area contributed by atoms with Crippen molar-refractivity contribution in [3.8, 4) is 0 Å². The Kier molecular flexibility index (Phi) is 5.86. The van der Waals surface area contributed by atoms with E-state index in [-0.39, 0.29) is 5.95 Å². The minimum atomic E-state index is -1.28. The van der Waals surface area contributed by atoms with Crippen LogP contribution in [0.25, 0.3) is 0 Å². The second-order valence-electron chi connectivity index (χ2n) is 4.59. The van der Waals surface area contributed by atoms with Crippen molar-refractivity contribution in [2.75, 3.05) is 56.0 Å². The van der Waals surface area contributed by atoms with Crippen molar-refractivity contribution in [1.82, 2.24) is 15.0 Å². The van der Waals surface area contributed by atoms with E-state index in [1.54, 1.807) is 19.0 Å². The number of nitrogens with zero attached hydrogens (tertiary/aromatic N) is 4. The lowest BCUT2D eigenvalue weighted by molar-refractivity contribution is 0.0828. The molecular weight excluding hydrogens is 264 g/mol. The third kappa shape index (κ3) is 3.89. The Bertz CT molecular complexity index is 416. The van der Waals surface area contributed by atoms with Crippen LogP contribution >= 0.6 is 0 Å². The van der Waals surface area contributed by atoms with Gasteiger partial charge in [-0.3, -0.25) is 0 Å². The predicted octanol–water partition coefficient (Wildman–Crippen LogP) is -1.50. The summed E-state index contributed by atoms with van der Waals surface area (Å²) in [4.78, 5) is 14.2. The third-order valence-corrected chi connectivity index (χ3v) is 2.64. The first-order valence-corrected chi connectivity index (χ1v) is 6.28. The molecular formula is C11H22N6O3. The molecule has 0 radical (unpaired) electrons. The van der Waals surface area contributed by atoms with Crippen molar-refractivity contribution in [2.24, 2.45) is 0 Å². The molecule has 0 amide bonds. The van der Waals surface area contributed by atoms with Gasteiger partial charge < -0.3 is 30.9 Å². The maximum Gasteiger partial charge on any atom is 0.231 e. The molecule has 0 bridgehead atoms. The van der Waals surface area contributed by atoms with Crippen LogP contribution < -0.4 is 15.5 Å². The monoisotopic (exact) mass is 286 g/mol. The summed E-state index contributed by atoms with van der Waals surface area (Å²) in [7, 11) is 3.57. The molecule has 0 spiro atoms. The van der Waals surface area contributed by atoms with Crippen molar-refractivity contribution in [2.45, 2.75) is 12.5 Å². The van der Waals surface area contributed by atoms with Gasteiger partial charge in [0.05, 0.1) is 19.8 Å². The van der Waals surface area contributed by atoms with Gasteiger partial charge in [-0.15, -0.1) is 0 Å². The highest BCUT2D eigenvalue weighted by atomic mass is 16.3. The van der Waals surface area contributed by atoms with Crippen molar-refractivity contribution in [3.05, 3.63) is 0 Å². The number of hydrogen-bond donors (Lipinski definition) is 5. The number of aliphatic hydroxyl groups excluding tert-OH is 3. The van der Waals surface area contributed by atoms with Gasteiger partial charge in [-0.05, 0) is 6.92 Å². The Balaban J connectivity index is 3.09. The fraction of sp³-hybridized carbons (Fsp3) is 0.727. The maximum atomic E-state index is 9.31. The Hall–Kier alpha value is -1.71. The van der Waals surface area contributed by atoms with Crippen molar-refractivity contribution < 1.29 is 15.3 Å². The largest absolute Gasteiger partial charge is 0.394 e. The Morgan fingerprint density at radius 2 is 1.55 bits per heavy atom. The quantitative estimate of drug-likeness (QED) is 0.388. The number of aromatic nitrogens is 3. The number of rotatable bonds is 8. The molecule has 114 valence electrons. The molecule has 0 aliphatic heterocycles. The van der Waals surface area contributed by atoms with Gasteiger partial charge >= 0.3 is 0 Å². The van der Waals surface area contributed by atoms with E-state index in [0.29, 0.717) is 18.4 Å². The van der Waals surface area contributed by atoms with Crippen molar-refractivity contribution >= 4 is 17.8 Å². The van der Waals surface area contributed by atoms with Crippen LogP contribution in [-0.4, -0.2) is 76.3 Å². The van der Waals surface area contributed by atoms with Crippen LogP contribution in [0.5, 0.6) is 0 Å². The highest BCUT2D eigenvalue weighted by Gasteiger charge is 2.29. The van der Waals surface area contributed by atoms with Crippen LogP contribution in [0.15, 0.2) is 0 Å². The van der Waals surface area contributed by atoms with E-state index in [4.69, 9.17) is 0 Å². The van der Waals surface area contributed by atoms with E-state index in [9.17, 15) is 15.3 Å². The predicted molar refractivity (Wildman–Crippen MR) is 75.9 cm³/mol. The van der Waals surface area contributed by atoms with Gasteiger partial charge in [-0.2, -0.15) is 15.0 Å². The van der Waals surface area contributed by atoms with Gasteiger partial charge in [0.25, 0.3) is 0 Å². The van der Waals surface area contributed by atoms with Gasteiger partial charge in [0.15, 0.2) is 0 Å². The molecule has 0 aromatic carbocycles. The van der Waals surface area contributed by atoms with E-state index in [1.807, 2.05) is 6.92 Å². The lowest BCUT2D eigenvalue weighted by Crippen LogP contribution is -2.49. The van der Waals surface area contributed by atoms with E-state index in [1.165, 1.54) is 0 Å². The summed E-state index contributed by atoms with van der Waals surface area (Å²) >= 11 is 0. The Morgan fingerprint density at radius 1 is 1.00 bits per heavy atom. The van der Waals surface area contributed by atoms with E-state index in [2.05, 4.69) is 25.6 Å². The minimum Gasteiger partial charge on any atom is -0.394 e. The van der Waals surface area contributed by atoms with Crippen LogP contribution in [0.2, 0.25) is 0 Å². The summed E-state index contributed by atoms with van der Waals surface area (Å²) in [5.41, 5.74) is -1.28. The van der Waals surface area contributed by atoms with Crippen LogP contribution in [0, 0.1) is 0 Å². The van der Waals surface area contributed by atoms with Gasteiger partial charge in [0.1, 0.15) is 5.54 Å². The van der Waals surface area contributed by atoms with Gasteiger partial charge in [0, 0.05) is 20.6 Å². The Labute approximate surface area is 117 Å². The average molecular weight is 286 g/mol. The van der Waals surface area contributed by atoms with E-state index >= 15 is 0 Å². The topological polar surface area (TPSA) is 127 Å². The van der Waals surface area contributed by atoms with Gasteiger partial charge in [0.2, 0.25) is 17.8 Å². The molecule has 5 N–H and O–H groups in total. The van der Waals surface area contributed by atoms with Crippen molar-refractivity contribution in [3.63, 3.8) is 0 Å². The molecule has 0 unspecified atom stereocenters.